The molecule has 1 rings (SSSR count). The van der Waals surface area contributed by atoms with Crippen LogP contribution in [0.4, 0.5) is 0 Å². The summed E-state index contributed by atoms with van der Waals surface area (Å²) in [5, 5.41) is 2.70. The topological polar surface area (TPSA) is 56.8 Å². The Bertz CT molecular complexity index is 529. The molecular formula is C17H28Cl3NO4Si. The second-order valence-electron chi connectivity index (χ2n) is 7.62. The molecule has 26 heavy (non-hydrogen) atoms. The van der Waals surface area contributed by atoms with E-state index in [1.54, 1.807) is 12.2 Å². The summed E-state index contributed by atoms with van der Waals surface area (Å²) < 4.78 is 15.7. The van der Waals surface area contributed by atoms with E-state index in [0.717, 1.165) is 0 Å². The van der Waals surface area contributed by atoms with Crippen LogP contribution in [-0.4, -0.2) is 49.7 Å². The van der Waals surface area contributed by atoms with Crippen molar-refractivity contribution in [2.24, 2.45) is 0 Å². The second kappa shape index (κ2) is 9.41. The molecule has 0 aliphatic carbocycles. The van der Waals surface area contributed by atoms with Crippen LogP contribution in [0.3, 0.4) is 0 Å². The van der Waals surface area contributed by atoms with Crippen molar-refractivity contribution in [2.75, 3.05) is 13.2 Å². The standard InChI is InChI=1S/C17H28Cl3NO4Si/c1-7-10-23-14-13(21-15(22)17(18,19)20)9-8-12(25-14)11-24-26(5,6)16(2,3)4/h7-9,12-14H,1,10-11H2,2-6H3,(H,21,22)/t12-,13-,14-/m0/s1. The first-order valence-electron chi connectivity index (χ1n) is 8.36. The molecule has 0 fully saturated rings. The molecule has 9 heteroatoms. The summed E-state index contributed by atoms with van der Waals surface area (Å²) in [7, 11) is -1.90. The number of rotatable bonds is 7. The molecule has 150 valence electrons. The zero-order valence-corrected chi connectivity index (χ0v) is 19.1. The third-order valence-electron chi connectivity index (χ3n) is 4.48. The minimum Gasteiger partial charge on any atom is -0.414 e. The second-order valence-corrected chi connectivity index (χ2v) is 14.7. The molecule has 0 bridgehead atoms. The number of ether oxygens (including phenoxy) is 2. The van der Waals surface area contributed by atoms with Crippen molar-refractivity contribution in [2.45, 2.75) is 61.1 Å². The van der Waals surface area contributed by atoms with Crippen molar-refractivity contribution in [1.82, 2.24) is 5.32 Å². The Balaban J connectivity index is 2.78. The lowest BCUT2D eigenvalue weighted by Crippen LogP contribution is -2.52. The Morgan fingerprint density at radius 2 is 1.92 bits per heavy atom. The van der Waals surface area contributed by atoms with E-state index >= 15 is 0 Å². The van der Waals surface area contributed by atoms with Gasteiger partial charge in [0.2, 0.25) is 0 Å². The van der Waals surface area contributed by atoms with Crippen LogP contribution in [0.25, 0.3) is 0 Å². The van der Waals surface area contributed by atoms with Crippen molar-refractivity contribution in [3.8, 4) is 0 Å². The van der Waals surface area contributed by atoms with E-state index in [9.17, 15) is 4.79 Å². The van der Waals surface area contributed by atoms with Gasteiger partial charge in [-0.25, -0.2) is 0 Å². The van der Waals surface area contributed by atoms with Crippen LogP contribution in [0.5, 0.6) is 0 Å². The maximum Gasteiger partial charge on any atom is 0.272 e. The third-order valence-corrected chi connectivity index (χ3v) is 9.50. The molecule has 1 aliphatic heterocycles. The van der Waals surface area contributed by atoms with Crippen molar-refractivity contribution < 1.29 is 18.7 Å². The predicted octanol–water partition coefficient (Wildman–Crippen LogP) is 4.35. The first-order chi connectivity index (χ1) is 11.8. The lowest BCUT2D eigenvalue weighted by atomic mass is 10.1. The highest BCUT2D eigenvalue weighted by Gasteiger charge is 2.39. The van der Waals surface area contributed by atoms with Crippen LogP contribution < -0.4 is 5.32 Å². The number of amides is 1. The summed E-state index contributed by atoms with van der Waals surface area (Å²) in [6.07, 6.45) is 4.16. The molecule has 0 spiro atoms. The van der Waals surface area contributed by atoms with Crippen LogP contribution in [-0.2, 0) is 18.7 Å². The van der Waals surface area contributed by atoms with Crippen LogP contribution in [0.15, 0.2) is 24.8 Å². The Morgan fingerprint density at radius 1 is 1.31 bits per heavy atom. The summed E-state index contributed by atoms with van der Waals surface area (Å²) in [6.45, 7) is 15.2. The number of carbonyl (C=O) groups is 1. The molecule has 0 saturated carbocycles. The van der Waals surface area contributed by atoms with Gasteiger partial charge in [0.05, 0.1) is 19.3 Å². The van der Waals surface area contributed by atoms with Crippen LogP contribution in [0.1, 0.15) is 20.8 Å². The van der Waals surface area contributed by atoms with Gasteiger partial charge in [0.25, 0.3) is 9.70 Å². The molecule has 3 atom stereocenters. The van der Waals surface area contributed by atoms with E-state index in [0.29, 0.717) is 6.61 Å². The minimum atomic E-state index is -2.06. The Kier molecular flexibility index (Phi) is 8.67. The molecule has 5 nitrogen and oxygen atoms in total. The lowest BCUT2D eigenvalue weighted by molar-refractivity contribution is -0.176. The molecule has 0 saturated heterocycles. The lowest BCUT2D eigenvalue weighted by Gasteiger charge is -2.38. The maximum absolute atomic E-state index is 11.9. The zero-order valence-electron chi connectivity index (χ0n) is 15.9. The van der Waals surface area contributed by atoms with E-state index in [1.165, 1.54) is 0 Å². The van der Waals surface area contributed by atoms with Crippen molar-refractivity contribution >= 4 is 49.0 Å². The summed E-state index contributed by atoms with van der Waals surface area (Å²) in [5.74, 6) is -0.746. The number of hydrogen-bond acceptors (Lipinski definition) is 4. The number of hydrogen-bond donors (Lipinski definition) is 1. The van der Waals surface area contributed by atoms with Gasteiger partial charge < -0.3 is 19.2 Å². The smallest absolute Gasteiger partial charge is 0.272 e. The highest BCUT2D eigenvalue weighted by molar-refractivity contribution is 6.76. The van der Waals surface area contributed by atoms with Gasteiger partial charge >= 0.3 is 0 Å². The monoisotopic (exact) mass is 443 g/mol. The molecule has 1 heterocycles. The first-order valence-corrected chi connectivity index (χ1v) is 12.4. The summed E-state index contributed by atoms with van der Waals surface area (Å²) >= 11 is 16.8. The van der Waals surface area contributed by atoms with Crippen LogP contribution in [0.2, 0.25) is 18.1 Å². The number of halogens is 3. The van der Waals surface area contributed by atoms with Gasteiger partial charge in [0.1, 0.15) is 6.10 Å². The van der Waals surface area contributed by atoms with Gasteiger partial charge in [-0.3, -0.25) is 4.79 Å². The summed E-state index contributed by atoms with van der Waals surface area (Å²) in [4.78, 5) is 11.9. The molecule has 0 radical (unpaired) electrons. The SMILES string of the molecule is C=CCO[C@H]1O[C@H](CO[Si](C)(C)C(C)(C)C)C=C[C@@H]1NC(=O)C(Cl)(Cl)Cl. The van der Waals surface area contributed by atoms with Gasteiger partial charge in [-0.2, -0.15) is 0 Å². The largest absolute Gasteiger partial charge is 0.414 e. The van der Waals surface area contributed by atoms with Gasteiger partial charge in [0.15, 0.2) is 14.6 Å². The Morgan fingerprint density at radius 3 is 2.42 bits per heavy atom. The fourth-order valence-corrected chi connectivity index (χ4v) is 3.07. The molecule has 0 aromatic carbocycles. The average molecular weight is 445 g/mol. The molecule has 1 N–H and O–H groups in total. The van der Waals surface area contributed by atoms with E-state index in [1.807, 2.05) is 6.08 Å². The highest BCUT2D eigenvalue weighted by atomic mass is 35.6. The summed E-state index contributed by atoms with van der Waals surface area (Å²) in [5.41, 5.74) is 0. The first kappa shape index (κ1) is 24.0. The molecule has 0 aromatic rings. The molecule has 0 unspecified atom stereocenters. The third kappa shape index (κ3) is 7.15. The van der Waals surface area contributed by atoms with Gasteiger partial charge in [-0.05, 0) is 18.1 Å². The molecule has 1 aliphatic rings. The van der Waals surface area contributed by atoms with E-state index < -0.39 is 30.3 Å². The van der Waals surface area contributed by atoms with E-state index in [4.69, 9.17) is 48.7 Å². The predicted molar refractivity (Wildman–Crippen MR) is 109 cm³/mol. The molecular weight excluding hydrogens is 417 g/mol. The number of nitrogens with one attached hydrogen (secondary N) is 1. The summed E-state index contributed by atoms with van der Waals surface area (Å²) in [6, 6.07) is -0.581. The van der Waals surface area contributed by atoms with Gasteiger partial charge in [-0.1, -0.05) is 73.8 Å². The van der Waals surface area contributed by atoms with Crippen molar-refractivity contribution in [3.63, 3.8) is 0 Å². The van der Waals surface area contributed by atoms with E-state index in [-0.39, 0.29) is 17.7 Å². The average Bonchev–Trinajstić information content (AvgIpc) is 2.50. The number of alkyl halides is 3. The van der Waals surface area contributed by atoms with Crippen molar-refractivity contribution in [1.29, 1.82) is 0 Å². The molecule has 1 amide bonds. The quantitative estimate of drug-likeness (QED) is 0.360. The Hall–Kier alpha value is -0.0831. The highest BCUT2D eigenvalue weighted by Crippen LogP contribution is 2.36. The van der Waals surface area contributed by atoms with Crippen LogP contribution in [0, 0.1) is 0 Å². The van der Waals surface area contributed by atoms with Crippen molar-refractivity contribution in [3.05, 3.63) is 24.8 Å². The van der Waals surface area contributed by atoms with Gasteiger partial charge in [0, 0.05) is 0 Å². The minimum absolute atomic E-state index is 0.102. The Labute approximate surface area is 172 Å². The van der Waals surface area contributed by atoms with Gasteiger partial charge in [-0.15, -0.1) is 6.58 Å². The zero-order chi connectivity index (χ0) is 20.2. The maximum atomic E-state index is 11.9. The van der Waals surface area contributed by atoms with E-state index in [2.05, 4.69) is 45.8 Å². The fourth-order valence-electron chi connectivity index (χ4n) is 1.89. The fraction of sp³-hybridized carbons (Fsp3) is 0.706. The normalized spacial score (nSPS) is 24.4. The van der Waals surface area contributed by atoms with Crippen LogP contribution >= 0.6 is 34.8 Å². The molecule has 0 aromatic heterocycles. The number of carbonyl (C=O) groups excluding carboxylic acids is 1.